The van der Waals surface area contributed by atoms with Crippen molar-refractivity contribution in [1.82, 2.24) is 10.2 Å². The molecule has 110 valence electrons. The summed E-state index contributed by atoms with van der Waals surface area (Å²) in [5, 5.41) is 3.65. The molecule has 3 fully saturated rings. The minimum Gasteiger partial charge on any atom is -0.314 e. The van der Waals surface area contributed by atoms with Gasteiger partial charge in [-0.3, -0.25) is 4.90 Å². The first kappa shape index (κ1) is 13.9. The lowest BCUT2D eigenvalue weighted by atomic mass is 9.76. The van der Waals surface area contributed by atoms with Crippen molar-refractivity contribution in [2.75, 3.05) is 13.1 Å². The molecule has 1 aliphatic heterocycles. The van der Waals surface area contributed by atoms with Crippen LogP contribution >= 0.6 is 0 Å². The van der Waals surface area contributed by atoms with Gasteiger partial charge in [0.15, 0.2) is 0 Å². The summed E-state index contributed by atoms with van der Waals surface area (Å²) in [7, 11) is 0. The van der Waals surface area contributed by atoms with E-state index in [9.17, 15) is 0 Å². The molecule has 0 amide bonds. The van der Waals surface area contributed by atoms with Crippen LogP contribution in [0, 0.1) is 5.92 Å². The Balaban J connectivity index is 1.56. The lowest BCUT2D eigenvalue weighted by Crippen LogP contribution is -2.53. The van der Waals surface area contributed by atoms with E-state index in [0.717, 1.165) is 30.6 Å². The maximum atomic E-state index is 3.65. The topological polar surface area (TPSA) is 15.3 Å². The molecule has 1 heterocycles. The number of piperidine rings is 1. The number of fused-ring (bicyclic) bond motifs is 1. The number of rotatable bonds is 3. The van der Waals surface area contributed by atoms with E-state index in [1.54, 1.807) is 0 Å². The van der Waals surface area contributed by atoms with Crippen molar-refractivity contribution in [3.63, 3.8) is 0 Å². The predicted octanol–water partition coefficient (Wildman–Crippen LogP) is 3.56. The number of likely N-dealkylation sites (tertiary alicyclic amines) is 1. The smallest absolute Gasteiger partial charge is 0.0126 e. The van der Waals surface area contributed by atoms with Gasteiger partial charge in [-0.15, -0.1) is 0 Å². The Bertz CT molecular complexity index is 268. The van der Waals surface area contributed by atoms with Crippen molar-refractivity contribution < 1.29 is 0 Å². The van der Waals surface area contributed by atoms with E-state index in [-0.39, 0.29) is 0 Å². The van der Waals surface area contributed by atoms with Crippen LogP contribution in [0.1, 0.15) is 71.1 Å². The van der Waals surface area contributed by atoms with Crippen molar-refractivity contribution in [2.45, 2.75) is 89.3 Å². The molecular weight excluding hydrogens is 232 g/mol. The molecule has 2 heteroatoms. The summed E-state index contributed by atoms with van der Waals surface area (Å²) in [6, 6.07) is 2.69. The van der Waals surface area contributed by atoms with Crippen LogP contribution in [0.25, 0.3) is 0 Å². The van der Waals surface area contributed by atoms with Gasteiger partial charge in [0.05, 0.1) is 0 Å². The zero-order chi connectivity index (χ0) is 13.1. The van der Waals surface area contributed by atoms with Crippen molar-refractivity contribution in [2.24, 2.45) is 5.92 Å². The number of nitrogens with one attached hydrogen (secondary N) is 1. The van der Waals surface area contributed by atoms with Crippen LogP contribution < -0.4 is 5.32 Å². The van der Waals surface area contributed by atoms with Crippen molar-refractivity contribution >= 4 is 0 Å². The van der Waals surface area contributed by atoms with Crippen LogP contribution in [-0.2, 0) is 0 Å². The van der Waals surface area contributed by atoms with Crippen LogP contribution in [0.15, 0.2) is 0 Å². The number of nitrogens with zero attached hydrogens (tertiary/aromatic N) is 1. The van der Waals surface area contributed by atoms with Crippen LogP contribution in [0.2, 0.25) is 0 Å². The van der Waals surface area contributed by atoms with E-state index < -0.39 is 0 Å². The highest BCUT2D eigenvalue weighted by molar-refractivity contribution is 4.92. The van der Waals surface area contributed by atoms with E-state index in [2.05, 4.69) is 17.1 Å². The standard InChI is InChI=1S/C17H32N2/c1-2-18-15-9-11-16(12-10-15)19-13-5-7-14-6-3-4-8-17(14)19/h14-18H,2-13H2,1H3. The molecule has 1 saturated heterocycles. The van der Waals surface area contributed by atoms with Crippen molar-refractivity contribution in [3.05, 3.63) is 0 Å². The van der Waals surface area contributed by atoms with Gasteiger partial charge in [-0.05, 0) is 70.4 Å². The number of hydrogen-bond donors (Lipinski definition) is 1. The predicted molar refractivity (Wildman–Crippen MR) is 81.4 cm³/mol. The van der Waals surface area contributed by atoms with Gasteiger partial charge in [-0.2, -0.15) is 0 Å². The van der Waals surface area contributed by atoms with Gasteiger partial charge in [0.1, 0.15) is 0 Å². The van der Waals surface area contributed by atoms with Crippen molar-refractivity contribution in [3.8, 4) is 0 Å². The lowest BCUT2D eigenvalue weighted by Gasteiger charge is -2.49. The maximum absolute atomic E-state index is 3.65. The Labute approximate surface area is 119 Å². The molecule has 0 bridgehead atoms. The molecule has 0 aromatic heterocycles. The van der Waals surface area contributed by atoms with E-state index in [4.69, 9.17) is 0 Å². The second-order valence-electron chi connectivity index (χ2n) is 7.06. The van der Waals surface area contributed by atoms with Gasteiger partial charge >= 0.3 is 0 Å². The normalized spacial score (nSPS) is 40.9. The third-order valence-corrected chi connectivity index (χ3v) is 5.94. The zero-order valence-electron chi connectivity index (χ0n) is 12.7. The summed E-state index contributed by atoms with van der Waals surface area (Å²) in [5.74, 6) is 1.05. The molecule has 2 unspecified atom stereocenters. The molecule has 3 aliphatic rings. The molecule has 0 aromatic rings. The molecular formula is C17H32N2. The second kappa shape index (κ2) is 6.58. The average molecular weight is 264 g/mol. The summed E-state index contributed by atoms with van der Waals surface area (Å²) >= 11 is 0. The summed E-state index contributed by atoms with van der Waals surface area (Å²) in [6.45, 7) is 4.78. The van der Waals surface area contributed by atoms with Crippen LogP contribution in [0.5, 0.6) is 0 Å². The second-order valence-corrected chi connectivity index (χ2v) is 7.06. The highest BCUT2D eigenvalue weighted by Crippen LogP contribution is 2.38. The van der Waals surface area contributed by atoms with Gasteiger partial charge in [0.25, 0.3) is 0 Å². The maximum Gasteiger partial charge on any atom is 0.0126 e. The highest BCUT2D eigenvalue weighted by Gasteiger charge is 2.37. The highest BCUT2D eigenvalue weighted by atomic mass is 15.2. The fraction of sp³-hybridized carbons (Fsp3) is 1.00. The molecule has 2 nitrogen and oxygen atoms in total. The third-order valence-electron chi connectivity index (χ3n) is 5.94. The SMILES string of the molecule is CCNC1CCC(N2CCCC3CCCCC32)CC1. The first-order valence-electron chi connectivity index (χ1n) is 8.87. The number of hydrogen-bond acceptors (Lipinski definition) is 2. The minimum atomic E-state index is 0.813. The summed E-state index contributed by atoms with van der Waals surface area (Å²) in [5.41, 5.74) is 0. The first-order chi connectivity index (χ1) is 9.38. The van der Waals surface area contributed by atoms with Gasteiger partial charge in [0.2, 0.25) is 0 Å². The molecule has 19 heavy (non-hydrogen) atoms. The molecule has 3 rings (SSSR count). The van der Waals surface area contributed by atoms with Crippen LogP contribution in [0.3, 0.4) is 0 Å². The molecule has 2 atom stereocenters. The lowest BCUT2D eigenvalue weighted by molar-refractivity contribution is 0.0102. The summed E-state index contributed by atoms with van der Waals surface area (Å²) < 4.78 is 0. The van der Waals surface area contributed by atoms with Gasteiger partial charge in [0, 0.05) is 18.1 Å². The minimum absolute atomic E-state index is 0.813. The zero-order valence-corrected chi connectivity index (χ0v) is 12.7. The van der Waals surface area contributed by atoms with Gasteiger partial charge in [-0.25, -0.2) is 0 Å². The van der Waals surface area contributed by atoms with E-state index in [1.807, 2.05) is 0 Å². The molecule has 2 saturated carbocycles. The van der Waals surface area contributed by atoms with E-state index in [1.165, 1.54) is 70.8 Å². The van der Waals surface area contributed by atoms with E-state index in [0.29, 0.717) is 0 Å². The van der Waals surface area contributed by atoms with E-state index >= 15 is 0 Å². The summed E-state index contributed by atoms with van der Waals surface area (Å²) in [4.78, 5) is 2.95. The first-order valence-corrected chi connectivity index (χ1v) is 8.87. The molecule has 2 aliphatic carbocycles. The Morgan fingerprint density at radius 3 is 2.42 bits per heavy atom. The molecule has 0 aromatic carbocycles. The molecule has 0 spiro atoms. The fourth-order valence-electron chi connectivity index (χ4n) is 5.02. The fourth-order valence-corrected chi connectivity index (χ4v) is 5.02. The summed E-state index contributed by atoms with van der Waals surface area (Å²) in [6.07, 6.45) is 14.7. The van der Waals surface area contributed by atoms with Crippen LogP contribution in [0.4, 0.5) is 0 Å². The monoisotopic (exact) mass is 264 g/mol. The van der Waals surface area contributed by atoms with Crippen molar-refractivity contribution in [1.29, 1.82) is 0 Å². The van der Waals surface area contributed by atoms with Gasteiger partial charge < -0.3 is 5.32 Å². The Morgan fingerprint density at radius 1 is 0.895 bits per heavy atom. The largest absolute Gasteiger partial charge is 0.314 e. The Kier molecular flexibility index (Phi) is 4.81. The van der Waals surface area contributed by atoms with Crippen LogP contribution in [-0.4, -0.2) is 36.1 Å². The quantitative estimate of drug-likeness (QED) is 0.838. The third kappa shape index (κ3) is 3.16. The Hall–Kier alpha value is -0.0800. The average Bonchev–Trinajstić information content (AvgIpc) is 2.48. The van der Waals surface area contributed by atoms with Gasteiger partial charge in [-0.1, -0.05) is 19.8 Å². The molecule has 0 radical (unpaired) electrons. The Morgan fingerprint density at radius 2 is 1.63 bits per heavy atom. The molecule has 1 N–H and O–H groups in total.